The second-order valence-electron chi connectivity index (χ2n) is 8.77. The van der Waals surface area contributed by atoms with Crippen molar-refractivity contribution in [3.05, 3.63) is 29.4 Å². The number of rotatable bonds is 5. The lowest BCUT2D eigenvalue weighted by Gasteiger charge is -2.32. The summed E-state index contributed by atoms with van der Waals surface area (Å²) in [5.41, 5.74) is -0.165. The molecule has 1 saturated heterocycles. The van der Waals surface area contributed by atoms with Gasteiger partial charge in [0.05, 0.1) is 24.0 Å². The fraction of sp³-hybridized carbons (Fsp3) is 0.600. The quantitative estimate of drug-likeness (QED) is 0.774. The van der Waals surface area contributed by atoms with Crippen molar-refractivity contribution in [3.63, 3.8) is 0 Å². The number of carbonyl (C=O) groups is 1. The molecule has 0 bridgehead atoms. The highest BCUT2D eigenvalue weighted by Gasteiger charge is 2.52. The van der Waals surface area contributed by atoms with Crippen molar-refractivity contribution < 1.29 is 23.6 Å². The Bertz CT molecular complexity index is 724. The summed E-state index contributed by atoms with van der Waals surface area (Å²) in [4.78, 5) is 16.5. The molecule has 154 valence electrons. The SMILES string of the molecule is COc1cccc(C=C(CNC(=O)OC(C)(C)C)B2OC(C)(C)C(C)(C)O2)n1. The van der Waals surface area contributed by atoms with E-state index in [1.165, 1.54) is 0 Å². The number of nitrogens with one attached hydrogen (secondary N) is 1. The molecule has 0 saturated carbocycles. The van der Waals surface area contributed by atoms with Gasteiger partial charge in [-0.1, -0.05) is 6.07 Å². The van der Waals surface area contributed by atoms with E-state index in [-0.39, 0.29) is 6.54 Å². The molecule has 1 amide bonds. The Morgan fingerprint density at radius 3 is 2.36 bits per heavy atom. The van der Waals surface area contributed by atoms with Crippen molar-refractivity contribution in [1.29, 1.82) is 0 Å². The molecule has 1 aromatic heterocycles. The van der Waals surface area contributed by atoms with Gasteiger partial charge in [0.15, 0.2) is 0 Å². The zero-order valence-corrected chi connectivity index (χ0v) is 18.1. The smallest absolute Gasteiger partial charge is 0.481 e. The number of amides is 1. The first-order valence-electron chi connectivity index (χ1n) is 9.37. The Morgan fingerprint density at radius 2 is 1.82 bits per heavy atom. The molecule has 0 unspecified atom stereocenters. The molecule has 1 aliphatic rings. The van der Waals surface area contributed by atoms with Crippen molar-refractivity contribution >= 4 is 19.3 Å². The monoisotopic (exact) mass is 390 g/mol. The molecule has 0 radical (unpaired) electrons. The second kappa shape index (κ2) is 8.13. The molecular weight excluding hydrogens is 359 g/mol. The molecule has 0 atom stereocenters. The third kappa shape index (κ3) is 5.72. The summed E-state index contributed by atoms with van der Waals surface area (Å²) in [5, 5.41) is 2.77. The molecule has 1 aromatic rings. The van der Waals surface area contributed by atoms with Gasteiger partial charge in [-0.05, 0) is 66.1 Å². The molecule has 1 N–H and O–H groups in total. The molecule has 28 heavy (non-hydrogen) atoms. The van der Waals surface area contributed by atoms with Crippen LogP contribution < -0.4 is 10.1 Å². The average molecular weight is 390 g/mol. The van der Waals surface area contributed by atoms with Gasteiger partial charge in [-0.15, -0.1) is 0 Å². The van der Waals surface area contributed by atoms with Gasteiger partial charge in [0.2, 0.25) is 5.88 Å². The van der Waals surface area contributed by atoms with E-state index in [9.17, 15) is 4.79 Å². The van der Waals surface area contributed by atoms with E-state index >= 15 is 0 Å². The van der Waals surface area contributed by atoms with Gasteiger partial charge in [0, 0.05) is 12.6 Å². The summed E-state index contributed by atoms with van der Waals surface area (Å²) in [6.07, 6.45) is 1.33. The summed E-state index contributed by atoms with van der Waals surface area (Å²) >= 11 is 0. The zero-order valence-electron chi connectivity index (χ0n) is 18.1. The van der Waals surface area contributed by atoms with Gasteiger partial charge < -0.3 is 24.1 Å². The van der Waals surface area contributed by atoms with Crippen LogP contribution >= 0.6 is 0 Å². The molecule has 0 aliphatic carbocycles. The van der Waals surface area contributed by atoms with Gasteiger partial charge >= 0.3 is 13.2 Å². The van der Waals surface area contributed by atoms with Crippen molar-refractivity contribution in [2.75, 3.05) is 13.7 Å². The minimum absolute atomic E-state index is 0.199. The number of ether oxygens (including phenoxy) is 2. The van der Waals surface area contributed by atoms with Crippen LogP contribution in [0.4, 0.5) is 4.79 Å². The van der Waals surface area contributed by atoms with Crippen LogP contribution in [0.25, 0.3) is 6.08 Å². The fourth-order valence-electron chi connectivity index (χ4n) is 2.50. The maximum absolute atomic E-state index is 12.1. The second-order valence-corrected chi connectivity index (χ2v) is 8.77. The Hall–Kier alpha value is -2.06. The first kappa shape index (κ1) is 22.2. The predicted molar refractivity (Wildman–Crippen MR) is 109 cm³/mol. The van der Waals surface area contributed by atoms with Gasteiger partial charge in [-0.3, -0.25) is 0 Å². The van der Waals surface area contributed by atoms with Crippen LogP contribution in [0, 0.1) is 0 Å². The summed E-state index contributed by atoms with van der Waals surface area (Å²) < 4.78 is 22.8. The molecule has 2 rings (SSSR count). The summed E-state index contributed by atoms with van der Waals surface area (Å²) in [5.74, 6) is 0.502. The van der Waals surface area contributed by atoms with E-state index in [2.05, 4.69) is 10.3 Å². The van der Waals surface area contributed by atoms with Crippen LogP contribution in [0.15, 0.2) is 23.7 Å². The Balaban J connectivity index is 2.26. The van der Waals surface area contributed by atoms with E-state index in [4.69, 9.17) is 18.8 Å². The molecule has 2 heterocycles. The van der Waals surface area contributed by atoms with Gasteiger partial charge in [-0.25, -0.2) is 9.78 Å². The van der Waals surface area contributed by atoms with Gasteiger partial charge in [0.1, 0.15) is 5.60 Å². The number of carbonyl (C=O) groups excluding carboxylic acids is 1. The zero-order chi connectivity index (χ0) is 21.2. The Morgan fingerprint density at radius 1 is 1.21 bits per heavy atom. The number of nitrogens with zero attached hydrogens (tertiary/aromatic N) is 1. The van der Waals surface area contributed by atoms with E-state index in [1.807, 2.05) is 66.7 Å². The highest BCUT2D eigenvalue weighted by Crippen LogP contribution is 2.38. The number of aromatic nitrogens is 1. The minimum Gasteiger partial charge on any atom is -0.481 e. The first-order valence-corrected chi connectivity index (χ1v) is 9.37. The number of methoxy groups -OCH3 is 1. The third-order valence-corrected chi connectivity index (χ3v) is 4.68. The largest absolute Gasteiger partial charge is 0.492 e. The Kier molecular flexibility index (Phi) is 6.46. The maximum Gasteiger partial charge on any atom is 0.492 e. The molecule has 7 nitrogen and oxygen atoms in total. The van der Waals surface area contributed by atoms with Gasteiger partial charge in [-0.2, -0.15) is 0 Å². The van der Waals surface area contributed by atoms with Crippen molar-refractivity contribution in [2.24, 2.45) is 0 Å². The normalized spacial score (nSPS) is 18.7. The molecule has 1 fully saturated rings. The Labute approximate surface area is 167 Å². The standard InChI is InChI=1S/C20H31BN2O5/c1-18(2,3)26-17(24)22-13-14(12-15-10-9-11-16(23-15)25-8)21-27-19(4,5)20(6,7)28-21/h9-12H,13H2,1-8H3,(H,22,24). The molecule has 0 spiro atoms. The number of alkyl carbamates (subject to hydrolysis) is 1. The van der Waals surface area contributed by atoms with E-state index in [0.717, 1.165) is 5.47 Å². The lowest BCUT2D eigenvalue weighted by molar-refractivity contribution is 0.00578. The predicted octanol–water partition coefficient (Wildman–Crippen LogP) is 3.63. The number of pyridine rings is 1. The summed E-state index contributed by atoms with van der Waals surface area (Å²) in [6.45, 7) is 13.6. The molecule has 8 heteroatoms. The van der Waals surface area contributed by atoms with Gasteiger partial charge in [0.25, 0.3) is 0 Å². The van der Waals surface area contributed by atoms with Crippen LogP contribution in [0.2, 0.25) is 0 Å². The average Bonchev–Trinajstić information content (AvgIpc) is 2.77. The number of hydrogen-bond acceptors (Lipinski definition) is 6. The number of hydrogen-bond donors (Lipinski definition) is 1. The maximum atomic E-state index is 12.1. The highest BCUT2D eigenvalue weighted by atomic mass is 16.7. The van der Waals surface area contributed by atoms with Crippen molar-refractivity contribution in [2.45, 2.75) is 65.3 Å². The van der Waals surface area contributed by atoms with E-state index in [1.54, 1.807) is 13.2 Å². The molecule has 1 aliphatic heterocycles. The van der Waals surface area contributed by atoms with E-state index in [0.29, 0.717) is 11.6 Å². The third-order valence-electron chi connectivity index (χ3n) is 4.68. The first-order chi connectivity index (χ1) is 12.8. The van der Waals surface area contributed by atoms with Crippen LogP contribution in [0.1, 0.15) is 54.2 Å². The van der Waals surface area contributed by atoms with Crippen LogP contribution in [0.5, 0.6) is 5.88 Å². The lowest BCUT2D eigenvalue weighted by Crippen LogP contribution is -2.41. The van der Waals surface area contributed by atoms with Crippen LogP contribution in [-0.2, 0) is 14.0 Å². The fourth-order valence-corrected chi connectivity index (χ4v) is 2.50. The van der Waals surface area contributed by atoms with Crippen LogP contribution in [-0.4, -0.2) is 48.7 Å². The minimum atomic E-state index is -0.618. The highest BCUT2D eigenvalue weighted by molar-refractivity contribution is 6.56. The lowest BCUT2D eigenvalue weighted by atomic mass is 9.77. The van der Waals surface area contributed by atoms with E-state index < -0.39 is 30.0 Å². The molecular formula is C20H31BN2O5. The van der Waals surface area contributed by atoms with Crippen molar-refractivity contribution in [3.8, 4) is 5.88 Å². The summed E-state index contributed by atoms with van der Waals surface area (Å²) in [7, 11) is 0.947. The molecule has 0 aromatic carbocycles. The summed E-state index contributed by atoms with van der Waals surface area (Å²) in [6, 6.07) is 5.47. The van der Waals surface area contributed by atoms with Crippen molar-refractivity contribution in [1.82, 2.24) is 10.3 Å². The van der Waals surface area contributed by atoms with Crippen LogP contribution in [0.3, 0.4) is 0 Å². The topological polar surface area (TPSA) is 78.9 Å².